The molecule has 0 aliphatic carbocycles. The molecule has 1 fully saturated rings. The highest BCUT2D eigenvalue weighted by Crippen LogP contribution is 2.26. The maximum absolute atomic E-state index is 4.64. The van der Waals surface area contributed by atoms with Gasteiger partial charge < -0.3 is 15.2 Å². The molecule has 0 radical (unpaired) electrons. The maximum Gasteiger partial charge on any atom is 0.193 e. The first-order valence-corrected chi connectivity index (χ1v) is 9.60. The van der Waals surface area contributed by atoms with Gasteiger partial charge in [-0.25, -0.2) is 4.98 Å². The zero-order valence-corrected chi connectivity index (χ0v) is 16.0. The fourth-order valence-corrected chi connectivity index (χ4v) is 3.79. The Morgan fingerprint density at radius 3 is 3.04 bits per heavy atom. The van der Waals surface area contributed by atoms with Gasteiger partial charge in [0.05, 0.1) is 17.2 Å². The van der Waals surface area contributed by atoms with E-state index in [0.29, 0.717) is 5.92 Å². The topological polar surface area (TPSA) is 74.1 Å². The molecule has 3 heterocycles. The molecule has 1 unspecified atom stereocenters. The molecule has 7 nitrogen and oxygen atoms in total. The van der Waals surface area contributed by atoms with Gasteiger partial charge in [0.2, 0.25) is 0 Å². The number of H-pyrrole nitrogens is 1. The van der Waals surface area contributed by atoms with E-state index in [4.69, 9.17) is 0 Å². The van der Waals surface area contributed by atoms with Gasteiger partial charge in [-0.1, -0.05) is 12.1 Å². The Hall–Kier alpha value is -2.83. The molecule has 7 heteroatoms. The normalized spacial score (nSPS) is 17.8. The van der Waals surface area contributed by atoms with Crippen LogP contribution in [0.25, 0.3) is 11.0 Å². The number of aromatic amines is 1. The lowest BCUT2D eigenvalue weighted by molar-refractivity contribution is 0.484. The number of likely N-dealkylation sites (tertiary alicyclic amines) is 1. The van der Waals surface area contributed by atoms with Gasteiger partial charge in [0.25, 0.3) is 0 Å². The van der Waals surface area contributed by atoms with Crippen LogP contribution in [0.15, 0.2) is 41.7 Å². The van der Waals surface area contributed by atoms with Crippen LogP contribution in [0.1, 0.15) is 30.1 Å². The Bertz CT molecular complexity index is 890. The second-order valence-corrected chi connectivity index (χ2v) is 7.16. The molecule has 0 saturated carbocycles. The Kier molecular flexibility index (Phi) is 5.09. The SMILES string of the molecule is CN=C(NCCCc1nc2ccccc2[nH]1)N1CCC(c2cnn(C)c2)C1. The van der Waals surface area contributed by atoms with Crippen molar-refractivity contribution in [1.82, 2.24) is 30.0 Å². The van der Waals surface area contributed by atoms with E-state index in [0.717, 1.165) is 61.7 Å². The number of para-hydroxylation sites is 2. The van der Waals surface area contributed by atoms with Crippen LogP contribution in [-0.4, -0.2) is 57.3 Å². The summed E-state index contributed by atoms with van der Waals surface area (Å²) in [5, 5.41) is 7.81. The number of aryl methyl sites for hydroxylation is 2. The van der Waals surface area contributed by atoms with Gasteiger partial charge >= 0.3 is 0 Å². The van der Waals surface area contributed by atoms with Crippen LogP contribution in [0, 0.1) is 0 Å². The van der Waals surface area contributed by atoms with Crippen molar-refractivity contribution in [2.75, 3.05) is 26.7 Å². The van der Waals surface area contributed by atoms with Gasteiger partial charge in [0.15, 0.2) is 5.96 Å². The van der Waals surface area contributed by atoms with Crippen molar-refractivity contribution in [3.8, 4) is 0 Å². The summed E-state index contributed by atoms with van der Waals surface area (Å²) in [7, 11) is 3.83. The van der Waals surface area contributed by atoms with Crippen molar-refractivity contribution in [3.05, 3.63) is 48.0 Å². The van der Waals surface area contributed by atoms with E-state index < -0.39 is 0 Å². The summed E-state index contributed by atoms with van der Waals surface area (Å²) in [6.07, 6.45) is 7.19. The maximum atomic E-state index is 4.64. The summed E-state index contributed by atoms with van der Waals surface area (Å²) in [4.78, 5) is 14.8. The molecule has 1 aliphatic rings. The number of benzene rings is 1. The minimum Gasteiger partial charge on any atom is -0.356 e. The second kappa shape index (κ2) is 7.82. The fraction of sp³-hybridized carbons (Fsp3) is 0.450. The first kappa shape index (κ1) is 17.6. The highest BCUT2D eigenvalue weighted by Gasteiger charge is 2.26. The number of hydrogen-bond donors (Lipinski definition) is 2. The standard InChI is InChI=1S/C20H27N7/c1-21-20(27-11-9-15(14-27)16-12-23-26(2)13-16)22-10-5-8-19-24-17-6-3-4-7-18(17)25-19/h3-4,6-7,12-13,15H,5,8-11,14H2,1-2H3,(H,21,22)(H,24,25). The summed E-state index contributed by atoms with van der Waals surface area (Å²) in [6, 6.07) is 8.16. The van der Waals surface area contributed by atoms with Crippen molar-refractivity contribution in [1.29, 1.82) is 0 Å². The molecule has 0 amide bonds. The van der Waals surface area contributed by atoms with Crippen molar-refractivity contribution < 1.29 is 0 Å². The van der Waals surface area contributed by atoms with Crippen molar-refractivity contribution in [2.45, 2.75) is 25.2 Å². The summed E-state index contributed by atoms with van der Waals surface area (Å²) >= 11 is 0. The number of aromatic nitrogens is 4. The molecule has 1 aliphatic heterocycles. The molecule has 0 bridgehead atoms. The van der Waals surface area contributed by atoms with E-state index in [2.05, 4.69) is 42.5 Å². The number of rotatable bonds is 5. The summed E-state index contributed by atoms with van der Waals surface area (Å²) < 4.78 is 1.88. The number of aliphatic imine (C=N–C) groups is 1. The Balaban J connectivity index is 1.26. The molecule has 4 rings (SSSR count). The minimum absolute atomic E-state index is 0.535. The average Bonchev–Trinajstić information content (AvgIpc) is 3.40. The third-order valence-electron chi connectivity index (χ3n) is 5.21. The van der Waals surface area contributed by atoms with Gasteiger partial charge in [-0.15, -0.1) is 0 Å². The van der Waals surface area contributed by atoms with Gasteiger partial charge in [-0.2, -0.15) is 5.10 Å². The van der Waals surface area contributed by atoms with E-state index in [9.17, 15) is 0 Å². The lowest BCUT2D eigenvalue weighted by Crippen LogP contribution is -2.40. The molecule has 2 N–H and O–H groups in total. The third kappa shape index (κ3) is 3.97. The molecule has 0 spiro atoms. The lowest BCUT2D eigenvalue weighted by Gasteiger charge is -2.21. The predicted molar refractivity (Wildman–Crippen MR) is 108 cm³/mol. The molecular formula is C20H27N7. The van der Waals surface area contributed by atoms with Gasteiger partial charge in [-0.05, 0) is 30.5 Å². The summed E-state index contributed by atoms with van der Waals surface area (Å²) in [5.74, 6) is 2.57. The van der Waals surface area contributed by atoms with Crippen LogP contribution in [0.4, 0.5) is 0 Å². The Morgan fingerprint density at radius 1 is 1.37 bits per heavy atom. The Labute approximate surface area is 159 Å². The predicted octanol–water partition coefficient (Wildman–Crippen LogP) is 2.29. The smallest absolute Gasteiger partial charge is 0.193 e. The average molecular weight is 365 g/mol. The van der Waals surface area contributed by atoms with E-state index in [1.165, 1.54) is 5.56 Å². The van der Waals surface area contributed by atoms with Gasteiger partial charge in [-0.3, -0.25) is 9.67 Å². The zero-order chi connectivity index (χ0) is 18.6. The fourth-order valence-electron chi connectivity index (χ4n) is 3.79. The number of imidazole rings is 1. The van der Waals surface area contributed by atoms with Crippen molar-refractivity contribution in [3.63, 3.8) is 0 Å². The summed E-state index contributed by atoms with van der Waals surface area (Å²) in [5.41, 5.74) is 3.46. The summed E-state index contributed by atoms with van der Waals surface area (Å²) in [6.45, 7) is 2.91. The Morgan fingerprint density at radius 2 is 2.26 bits per heavy atom. The highest BCUT2D eigenvalue weighted by atomic mass is 15.3. The van der Waals surface area contributed by atoms with Crippen molar-refractivity contribution in [2.24, 2.45) is 12.0 Å². The van der Waals surface area contributed by atoms with Crippen LogP contribution >= 0.6 is 0 Å². The molecule has 1 aromatic carbocycles. The monoisotopic (exact) mass is 365 g/mol. The van der Waals surface area contributed by atoms with E-state index in [1.807, 2.05) is 43.2 Å². The van der Waals surface area contributed by atoms with Crippen LogP contribution < -0.4 is 5.32 Å². The molecule has 1 saturated heterocycles. The van der Waals surface area contributed by atoms with Crippen LogP contribution in [0.5, 0.6) is 0 Å². The van der Waals surface area contributed by atoms with Gasteiger partial charge in [0, 0.05) is 52.3 Å². The molecule has 142 valence electrons. The quantitative estimate of drug-likeness (QED) is 0.413. The first-order valence-electron chi connectivity index (χ1n) is 9.60. The largest absolute Gasteiger partial charge is 0.356 e. The highest BCUT2D eigenvalue weighted by molar-refractivity contribution is 5.80. The van der Waals surface area contributed by atoms with Crippen LogP contribution in [0.2, 0.25) is 0 Å². The number of hydrogen-bond acceptors (Lipinski definition) is 3. The number of nitrogens with zero attached hydrogens (tertiary/aromatic N) is 5. The molecule has 1 atom stereocenters. The van der Waals surface area contributed by atoms with Crippen molar-refractivity contribution >= 4 is 17.0 Å². The third-order valence-corrected chi connectivity index (χ3v) is 5.21. The van der Waals surface area contributed by atoms with Gasteiger partial charge in [0.1, 0.15) is 5.82 Å². The number of nitrogens with one attached hydrogen (secondary N) is 2. The van der Waals surface area contributed by atoms with Crippen LogP contribution in [-0.2, 0) is 13.5 Å². The molecular weight excluding hydrogens is 338 g/mol. The zero-order valence-electron chi connectivity index (χ0n) is 16.0. The first-order chi connectivity index (χ1) is 13.2. The number of fused-ring (bicyclic) bond motifs is 1. The van der Waals surface area contributed by atoms with E-state index in [1.54, 1.807) is 0 Å². The second-order valence-electron chi connectivity index (χ2n) is 7.16. The number of guanidine groups is 1. The van der Waals surface area contributed by atoms with Crippen LogP contribution in [0.3, 0.4) is 0 Å². The minimum atomic E-state index is 0.535. The van der Waals surface area contributed by atoms with E-state index in [-0.39, 0.29) is 0 Å². The molecule has 27 heavy (non-hydrogen) atoms. The van der Waals surface area contributed by atoms with E-state index >= 15 is 0 Å². The lowest BCUT2D eigenvalue weighted by atomic mass is 10.0. The molecule has 3 aromatic rings. The molecule has 2 aromatic heterocycles.